The molecule has 2 amide bonds. The third kappa shape index (κ3) is 4.03. The molecule has 2 aliphatic rings. The number of aromatic nitrogens is 2. The van der Waals surface area contributed by atoms with Crippen LogP contribution in [0.15, 0.2) is 48.5 Å². The van der Waals surface area contributed by atoms with Crippen LogP contribution in [0.25, 0.3) is 21.7 Å². The fraction of sp³-hybridized carbons (Fsp3) is 0.333. The highest BCUT2D eigenvalue weighted by Crippen LogP contribution is 2.37. The summed E-state index contributed by atoms with van der Waals surface area (Å²) in [4.78, 5) is 28.7. The summed E-state index contributed by atoms with van der Waals surface area (Å²) in [5, 5.41) is 20.2. The Bertz CT molecular complexity index is 1160. The van der Waals surface area contributed by atoms with Crippen LogP contribution in [-0.4, -0.2) is 68.7 Å². The Morgan fingerprint density at radius 3 is 2.19 bits per heavy atom. The van der Waals surface area contributed by atoms with Crippen LogP contribution in [-0.2, 0) is 4.79 Å². The normalized spacial score (nSPS) is 17.3. The molecule has 0 atom stereocenters. The van der Waals surface area contributed by atoms with Gasteiger partial charge in [0.1, 0.15) is 15.6 Å². The summed E-state index contributed by atoms with van der Waals surface area (Å²) >= 11 is 1.56. The molecular formula is C24H24N4O3S. The molecule has 2 heterocycles. The van der Waals surface area contributed by atoms with Gasteiger partial charge in [-0.1, -0.05) is 41.7 Å². The minimum Gasteiger partial charge on any atom is -0.380 e. The topological polar surface area (TPSA) is 86.6 Å². The number of hydrogen-bond acceptors (Lipinski definition) is 6. The number of rotatable bonds is 4. The van der Waals surface area contributed by atoms with Gasteiger partial charge >= 0.3 is 0 Å². The van der Waals surface area contributed by atoms with Gasteiger partial charge in [0.15, 0.2) is 0 Å². The molecular weight excluding hydrogens is 424 g/mol. The average molecular weight is 449 g/mol. The maximum Gasteiger partial charge on any atom is 0.254 e. The van der Waals surface area contributed by atoms with Gasteiger partial charge in [0.05, 0.1) is 0 Å². The lowest BCUT2D eigenvalue weighted by atomic mass is 10.0. The summed E-state index contributed by atoms with van der Waals surface area (Å²) in [5.41, 5.74) is 2.59. The van der Waals surface area contributed by atoms with E-state index in [1.807, 2.05) is 49.4 Å². The Kier molecular flexibility index (Phi) is 5.27. The Morgan fingerprint density at radius 2 is 1.56 bits per heavy atom. The molecule has 3 aromatic rings. The minimum atomic E-state index is -1.14. The number of aliphatic hydroxyl groups is 1. The van der Waals surface area contributed by atoms with Crippen molar-refractivity contribution in [3.63, 3.8) is 0 Å². The molecule has 5 rings (SSSR count). The summed E-state index contributed by atoms with van der Waals surface area (Å²) in [5.74, 6) is -0.230. The summed E-state index contributed by atoms with van der Waals surface area (Å²) in [7, 11) is 0. The Hall–Kier alpha value is -3.10. The van der Waals surface area contributed by atoms with Crippen molar-refractivity contribution in [1.82, 2.24) is 20.0 Å². The number of hydrogen-bond donors (Lipinski definition) is 1. The van der Waals surface area contributed by atoms with Gasteiger partial charge in [0.2, 0.25) is 0 Å². The molecule has 32 heavy (non-hydrogen) atoms. The highest BCUT2D eigenvalue weighted by molar-refractivity contribution is 7.14. The van der Waals surface area contributed by atoms with Crippen molar-refractivity contribution in [2.75, 3.05) is 26.2 Å². The molecule has 1 N–H and O–H groups in total. The van der Waals surface area contributed by atoms with Crippen molar-refractivity contribution >= 4 is 23.2 Å². The van der Waals surface area contributed by atoms with Gasteiger partial charge in [-0.2, -0.15) is 0 Å². The van der Waals surface area contributed by atoms with Gasteiger partial charge < -0.3 is 14.9 Å². The maximum absolute atomic E-state index is 12.9. The van der Waals surface area contributed by atoms with Crippen LogP contribution in [0.1, 0.15) is 28.2 Å². The highest BCUT2D eigenvalue weighted by Gasteiger charge is 2.50. The highest BCUT2D eigenvalue weighted by atomic mass is 32.1. The van der Waals surface area contributed by atoms with E-state index in [4.69, 9.17) is 0 Å². The first-order chi connectivity index (χ1) is 15.4. The average Bonchev–Trinajstić information content (AvgIpc) is 3.44. The molecule has 0 unspecified atom stereocenters. The fourth-order valence-electron chi connectivity index (χ4n) is 3.97. The number of amides is 2. The second-order valence-corrected chi connectivity index (χ2v) is 9.58. The lowest BCUT2D eigenvalue weighted by molar-refractivity contribution is -0.143. The number of piperazine rings is 1. The van der Waals surface area contributed by atoms with Crippen molar-refractivity contribution in [2.45, 2.75) is 25.4 Å². The van der Waals surface area contributed by atoms with Gasteiger partial charge in [-0.25, -0.2) is 0 Å². The zero-order chi connectivity index (χ0) is 22.3. The molecule has 2 fully saturated rings. The third-order valence-corrected chi connectivity index (χ3v) is 6.96. The van der Waals surface area contributed by atoms with Crippen molar-refractivity contribution in [3.8, 4) is 21.7 Å². The van der Waals surface area contributed by atoms with Gasteiger partial charge in [-0.05, 0) is 49.1 Å². The molecule has 2 aromatic carbocycles. The van der Waals surface area contributed by atoms with E-state index in [2.05, 4.69) is 16.3 Å². The molecule has 1 aliphatic heterocycles. The van der Waals surface area contributed by atoms with Gasteiger partial charge in [0, 0.05) is 37.3 Å². The van der Waals surface area contributed by atoms with E-state index in [9.17, 15) is 14.7 Å². The summed E-state index contributed by atoms with van der Waals surface area (Å²) in [6.45, 7) is 3.82. The van der Waals surface area contributed by atoms with Crippen LogP contribution in [0.2, 0.25) is 0 Å². The van der Waals surface area contributed by atoms with Crippen LogP contribution in [0.3, 0.4) is 0 Å². The quantitative estimate of drug-likeness (QED) is 0.663. The molecule has 8 heteroatoms. The smallest absolute Gasteiger partial charge is 0.254 e. The molecule has 7 nitrogen and oxygen atoms in total. The van der Waals surface area contributed by atoms with Crippen LogP contribution >= 0.6 is 11.3 Å². The Labute approximate surface area is 190 Å². The van der Waals surface area contributed by atoms with Gasteiger partial charge in [0.25, 0.3) is 11.8 Å². The minimum absolute atomic E-state index is 0.0353. The first-order valence-electron chi connectivity index (χ1n) is 10.7. The summed E-state index contributed by atoms with van der Waals surface area (Å²) in [6.07, 6.45) is 1.08. The van der Waals surface area contributed by atoms with Crippen molar-refractivity contribution in [3.05, 3.63) is 59.1 Å². The first kappa shape index (κ1) is 20.8. The number of nitrogens with zero attached hydrogens (tertiary/aromatic N) is 4. The van der Waals surface area contributed by atoms with Crippen LogP contribution in [0, 0.1) is 6.92 Å². The van der Waals surface area contributed by atoms with E-state index in [-0.39, 0.29) is 11.8 Å². The molecule has 164 valence electrons. The van der Waals surface area contributed by atoms with Crippen LogP contribution in [0.4, 0.5) is 0 Å². The second-order valence-electron chi connectivity index (χ2n) is 8.40. The van der Waals surface area contributed by atoms with Gasteiger partial charge in [-0.15, -0.1) is 10.2 Å². The number of carbonyl (C=O) groups is 2. The predicted molar refractivity (Wildman–Crippen MR) is 122 cm³/mol. The fourth-order valence-corrected chi connectivity index (χ4v) is 4.66. The molecule has 1 saturated carbocycles. The first-order valence-corrected chi connectivity index (χ1v) is 11.6. The molecule has 0 bridgehead atoms. The zero-order valence-corrected chi connectivity index (χ0v) is 18.6. The largest absolute Gasteiger partial charge is 0.380 e. The molecule has 1 aliphatic carbocycles. The second kappa shape index (κ2) is 8.11. The molecule has 1 aromatic heterocycles. The van der Waals surface area contributed by atoms with E-state index in [1.165, 1.54) is 0 Å². The van der Waals surface area contributed by atoms with Gasteiger partial charge in [-0.3, -0.25) is 9.59 Å². The lowest BCUT2D eigenvalue weighted by Crippen LogP contribution is -2.53. The van der Waals surface area contributed by atoms with E-state index < -0.39 is 5.60 Å². The summed E-state index contributed by atoms with van der Waals surface area (Å²) < 4.78 is 0. The van der Waals surface area contributed by atoms with Crippen LogP contribution < -0.4 is 0 Å². The number of carbonyl (C=O) groups excluding carboxylic acids is 2. The molecule has 1 saturated heterocycles. The van der Waals surface area contributed by atoms with Crippen molar-refractivity contribution in [2.24, 2.45) is 0 Å². The molecule has 0 radical (unpaired) electrons. The van der Waals surface area contributed by atoms with E-state index in [0.29, 0.717) is 44.6 Å². The standard InChI is InChI=1S/C24H24N4O3S/c1-16-25-26-21(32-16)20-4-2-3-19(15-20)17-5-7-18(8-6-17)22(29)27-11-13-28(14-12-27)23(30)24(31)9-10-24/h2-8,15,31H,9-14H2,1H3. The lowest BCUT2D eigenvalue weighted by Gasteiger charge is -2.35. The predicted octanol–water partition coefficient (Wildman–Crippen LogP) is 2.99. The van der Waals surface area contributed by atoms with Crippen molar-refractivity contribution < 1.29 is 14.7 Å². The third-order valence-electron chi connectivity index (χ3n) is 6.08. The Morgan fingerprint density at radius 1 is 0.906 bits per heavy atom. The summed E-state index contributed by atoms with van der Waals surface area (Å²) in [6, 6.07) is 15.8. The monoisotopic (exact) mass is 448 g/mol. The van der Waals surface area contributed by atoms with E-state index in [1.54, 1.807) is 21.1 Å². The Balaban J connectivity index is 1.25. The van der Waals surface area contributed by atoms with Crippen molar-refractivity contribution in [1.29, 1.82) is 0 Å². The van der Waals surface area contributed by atoms with E-state index in [0.717, 1.165) is 26.7 Å². The molecule has 0 spiro atoms. The number of benzene rings is 2. The maximum atomic E-state index is 12.9. The SMILES string of the molecule is Cc1nnc(-c2cccc(-c3ccc(C(=O)N4CCN(C(=O)C5(O)CC5)CC4)cc3)c2)s1. The zero-order valence-electron chi connectivity index (χ0n) is 17.8. The van der Waals surface area contributed by atoms with Crippen LogP contribution in [0.5, 0.6) is 0 Å². The number of aryl methyl sites for hydroxylation is 1. The van der Waals surface area contributed by atoms with E-state index >= 15 is 0 Å².